The van der Waals surface area contributed by atoms with Gasteiger partial charge in [-0.05, 0) is 18.6 Å². The van der Waals surface area contributed by atoms with E-state index in [-0.39, 0.29) is 0 Å². The number of benzene rings is 2. The van der Waals surface area contributed by atoms with Crippen molar-refractivity contribution in [1.29, 1.82) is 0 Å². The number of rotatable bonds is 3. The molecule has 2 heterocycles. The Morgan fingerprint density at radius 2 is 1.85 bits per heavy atom. The van der Waals surface area contributed by atoms with Gasteiger partial charge in [-0.2, -0.15) is 0 Å². The van der Waals surface area contributed by atoms with Gasteiger partial charge in [0.15, 0.2) is 11.9 Å². The van der Waals surface area contributed by atoms with Gasteiger partial charge in [-0.15, -0.1) is 0 Å². The first kappa shape index (κ1) is 16.1. The maximum absolute atomic E-state index is 12.7. The quantitative estimate of drug-likeness (QED) is 0.734. The Kier molecular flexibility index (Phi) is 4.01. The highest BCUT2D eigenvalue weighted by molar-refractivity contribution is 6.01. The summed E-state index contributed by atoms with van der Waals surface area (Å²) in [6, 6.07) is 16.5. The Hall–Kier alpha value is -3.41. The molecular formula is C20H16N2O4. The molecule has 0 aliphatic carbocycles. The van der Waals surface area contributed by atoms with Gasteiger partial charge in [0.25, 0.3) is 5.91 Å². The van der Waals surface area contributed by atoms with Crippen molar-refractivity contribution < 1.29 is 18.8 Å². The summed E-state index contributed by atoms with van der Waals surface area (Å²) >= 11 is 0. The van der Waals surface area contributed by atoms with Crippen LogP contribution in [0.5, 0.6) is 0 Å². The molecule has 0 saturated carbocycles. The Labute approximate surface area is 149 Å². The molecule has 130 valence electrons. The predicted octanol–water partition coefficient (Wildman–Crippen LogP) is 3.37. The van der Waals surface area contributed by atoms with Crippen LogP contribution in [0.1, 0.15) is 21.6 Å². The van der Waals surface area contributed by atoms with Crippen molar-refractivity contribution in [1.82, 2.24) is 5.16 Å². The van der Waals surface area contributed by atoms with Gasteiger partial charge in [-0.3, -0.25) is 4.79 Å². The van der Waals surface area contributed by atoms with Crippen LogP contribution in [-0.2, 0) is 16.0 Å². The van der Waals surface area contributed by atoms with Crippen LogP contribution < -0.4 is 5.32 Å². The fourth-order valence-corrected chi connectivity index (χ4v) is 2.98. The van der Waals surface area contributed by atoms with E-state index in [2.05, 4.69) is 10.5 Å². The molecule has 6 heteroatoms. The highest BCUT2D eigenvalue weighted by Gasteiger charge is 2.32. The number of esters is 1. The normalized spacial score (nSPS) is 15.9. The number of ether oxygens (including phenoxy) is 1. The number of aryl methyl sites for hydroxylation is 1. The third-order valence-corrected chi connectivity index (χ3v) is 4.33. The van der Waals surface area contributed by atoms with E-state index in [1.807, 2.05) is 42.5 Å². The average Bonchev–Trinajstić information content (AvgIpc) is 3.03. The number of cyclic esters (lactones) is 1. The van der Waals surface area contributed by atoms with Crippen LogP contribution in [0, 0.1) is 6.92 Å². The van der Waals surface area contributed by atoms with Gasteiger partial charge in [0, 0.05) is 12.0 Å². The molecule has 1 N–H and O–H groups in total. The van der Waals surface area contributed by atoms with E-state index in [1.165, 1.54) is 0 Å². The Bertz CT molecular complexity index is 978. The monoisotopic (exact) mass is 348 g/mol. The molecule has 4 rings (SSSR count). The fourth-order valence-electron chi connectivity index (χ4n) is 2.98. The Morgan fingerprint density at radius 3 is 2.65 bits per heavy atom. The van der Waals surface area contributed by atoms with Gasteiger partial charge in [0.1, 0.15) is 11.4 Å². The lowest BCUT2D eigenvalue weighted by molar-refractivity contribution is -0.125. The zero-order valence-electron chi connectivity index (χ0n) is 14.1. The summed E-state index contributed by atoms with van der Waals surface area (Å²) in [6.07, 6.45) is -0.561. The van der Waals surface area contributed by atoms with Crippen LogP contribution in [0.15, 0.2) is 59.1 Å². The molecular weight excluding hydrogens is 332 g/mol. The molecule has 6 nitrogen and oxygen atoms in total. The third kappa shape index (κ3) is 2.86. The van der Waals surface area contributed by atoms with E-state index in [9.17, 15) is 9.59 Å². The van der Waals surface area contributed by atoms with Crippen molar-refractivity contribution in [3.8, 4) is 11.3 Å². The maximum atomic E-state index is 12.7. The summed E-state index contributed by atoms with van der Waals surface area (Å²) < 4.78 is 10.7. The van der Waals surface area contributed by atoms with Crippen molar-refractivity contribution in [2.24, 2.45) is 0 Å². The van der Waals surface area contributed by atoms with Gasteiger partial charge in [-0.1, -0.05) is 53.7 Å². The number of hydrogen-bond acceptors (Lipinski definition) is 5. The van der Waals surface area contributed by atoms with Gasteiger partial charge in [-0.25, -0.2) is 4.79 Å². The standard InChI is InChI=1S/C20H16N2O4/c1-12-17(18(26-22-12)13-7-3-2-4-8-13)21-19(23)16-11-14-9-5-6-10-15(14)20(24)25-16/h2-10,16H,11H2,1H3,(H,21,23). The summed E-state index contributed by atoms with van der Waals surface area (Å²) in [4.78, 5) is 24.8. The number of hydrogen-bond donors (Lipinski definition) is 1. The fraction of sp³-hybridized carbons (Fsp3) is 0.150. The van der Waals surface area contributed by atoms with E-state index >= 15 is 0 Å². The van der Waals surface area contributed by atoms with Gasteiger partial charge >= 0.3 is 5.97 Å². The molecule has 0 radical (unpaired) electrons. The molecule has 1 aromatic heterocycles. The van der Waals surface area contributed by atoms with Crippen LogP contribution in [-0.4, -0.2) is 23.1 Å². The van der Waals surface area contributed by atoms with Crippen LogP contribution in [0.4, 0.5) is 5.69 Å². The lowest BCUT2D eigenvalue weighted by Crippen LogP contribution is -2.38. The molecule has 0 fully saturated rings. The smallest absolute Gasteiger partial charge is 0.339 e. The number of amides is 1. The molecule has 1 unspecified atom stereocenters. The number of carbonyl (C=O) groups is 2. The average molecular weight is 348 g/mol. The van der Waals surface area contributed by atoms with E-state index in [1.54, 1.807) is 19.1 Å². The lowest BCUT2D eigenvalue weighted by atomic mass is 9.98. The molecule has 3 aromatic rings. The highest BCUT2D eigenvalue weighted by Crippen LogP contribution is 2.31. The molecule has 1 aliphatic heterocycles. The topological polar surface area (TPSA) is 81.4 Å². The van der Waals surface area contributed by atoms with Gasteiger partial charge < -0.3 is 14.6 Å². The largest absolute Gasteiger partial charge is 0.448 e. The zero-order valence-corrected chi connectivity index (χ0v) is 14.1. The minimum absolute atomic E-state index is 0.332. The van der Waals surface area contributed by atoms with Crippen LogP contribution in [0.3, 0.4) is 0 Å². The molecule has 0 saturated heterocycles. The first-order chi connectivity index (χ1) is 12.6. The number of nitrogens with one attached hydrogen (secondary N) is 1. The number of nitrogens with zero attached hydrogens (tertiary/aromatic N) is 1. The summed E-state index contributed by atoms with van der Waals surface area (Å²) in [7, 11) is 0. The minimum atomic E-state index is -0.893. The first-order valence-electron chi connectivity index (χ1n) is 8.25. The molecule has 0 spiro atoms. The molecule has 1 atom stereocenters. The molecule has 26 heavy (non-hydrogen) atoms. The van der Waals surface area contributed by atoms with E-state index in [0.717, 1.165) is 11.1 Å². The molecule has 2 aromatic carbocycles. The maximum Gasteiger partial charge on any atom is 0.339 e. The van der Waals surface area contributed by atoms with Gasteiger partial charge in [0.05, 0.1) is 5.56 Å². The number of carbonyl (C=O) groups excluding carboxylic acids is 2. The second kappa shape index (κ2) is 6.48. The molecule has 1 amide bonds. The van der Waals surface area contributed by atoms with Crippen molar-refractivity contribution in [3.05, 3.63) is 71.4 Å². The predicted molar refractivity (Wildman–Crippen MR) is 94.7 cm³/mol. The van der Waals surface area contributed by atoms with Crippen molar-refractivity contribution >= 4 is 17.6 Å². The summed E-state index contributed by atoms with van der Waals surface area (Å²) in [5.74, 6) is -0.423. The van der Waals surface area contributed by atoms with Crippen molar-refractivity contribution in [2.45, 2.75) is 19.4 Å². The van der Waals surface area contributed by atoms with E-state index in [4.69, 9.17) is 9.26 Å². The SMILES string of the molecule is Cc1noc(-c2ccccc2)c1NC(=O)C1Cc2ccccc2C(=O)O1. The lowest BCUT2D eigenvalue weighted by Gasteiger charge is -2.23. The Balaban J connectivity index is 1.59. The van der Waals surface area contributed by atoms with Crippen LogP contribution >= 0.6 is 0 Å². The van der Waals surface area contributed by atoms with Crippen molar-refractivity contribution in [3.63, 3.8) is 0 Å². The molecule has 0 bridgehead atoms. The van der Waals surface area contributed by atoms with E-state index < -0.39 is 18.0 Å². The summed E-state index contributed by atoms with van der Waals surface area (Å²) in [5.41, 5.74) is 3.14. The molecule has 1 aliphatic rings. The summed E-state index contributed by atoms with van der Waals surface area (Å²) in [5, 5.41) is 6.75. The third-order valence-electron chi connectivity index (χ3n) is 4.33. The van der Waals surface area contributed by atoms with Crippen LogP contribution in [0.25, 0.3) is 11.3 Å². The van der Waals surface area contributed by atoms with Crippen molar-refractivity contribution in [2.75, 3.05) is 5.32 Å². The number of anilines is 1. The minimum Gasteiger partial charge on any atom is -0.448 e. The van der Waals surface area contributed by atoms with E-state index in [0.29, 0.717) is 29.1 Å². The Morgan fingerprint density at radius 1 is 1.12 bits per heavy atom. The number of aromatic nitrogens is 1. The second-order valence-electron chi connectivity index (χ2n) is 6.08. The van der Waals surface area contributed by atoms with Gasteiger partial charge in [0.2, 0.25) is 0 Å². The number of fused-ring (bicyclic) bond motifs is 1. The van der Waals surface area contributed by atoms with Crippen LogP contribution in [0.2, 0.25) is 0 Å². The second-order valence-corrected chi connectivity index (χ2v) is 6.08. The zero-order chi connectivity index (χ0) is 18.1. The summed E-state index contributed by atoms with van der Waals surface area (Å²) in [6.45, 7) is 1.74. The first-order valence-corrected chi connectivity index (χ1v) is 8.25. The highest BCUT2D eigenvalue weighted by atomic mass is 16.5.